The molecule has 1 amide bonds. The van der Waals surface area contributed by atoms with Gasteiger partial charge in [-0.1, -0.05) is 17.8 Å². The van der Waals surface area contributed by atoms with Crippen molar-refractivity contribution in [2.45, 2.75) is 23.6 Å². The van der Waals surface area contributed by atoms with Gasteiger partial charge in [-0.05, 0) is 18.6 Å². The van der Waals surface area contributed by atoms with E-state index in [-0.39, 0.29) is 24.0 Å². The second-order valence-electron chi connectivity index (χ2n) is 5.46. The Labute approximate surface area is 128 Å². The molecule has 114 valence electrons. The number of fused-ring (bicyclic) bond motifs is 1. The van der Waals surface area contributed by atoms with Crippen LogP contribution in [0.4, 0.5) is 0 Å². The molecule has 2 aliphatic rings. The highest BCUT2D eigenvalue weighted by Crippen LogP contribution is 2.43. The number of nitrogens with zero attached hydrogens (tertiary/aromatic N) is 1. The minimum atomic E-state index is 0.0575. The number of rotatable bonds is 6. The lowest BCUT2D eigenvalue weighted by Gasteiger charge is -2.47. The molecular formula is C15H20N2O3S. The number of ether oxygens (including phenoxy) is 2. The summed E-state index contributed by atoms with van der Waals surface area (Å²) in [4.78, 5) is 16.3. The second-order valence-corrected chi connectivity index (χ2v) is 6.45. The quantitative estimate of drug-likeness (QED) is 0.804. The number of pyridine rings is 1. The first kappa shape index (κ1) is 14.8. The minimum absolute atomic E-state index is 0.0575. The summed E-state index contributed by atoms with van der Waals surface area (Å²) in [5.74, 6) is 1.19. The van der Waals surface area contributed by atoms with E-state index in [1.165, 1.54) is 11.8 Å². The maximum atomic E-state index is 12.1. The van der Waals surface area contributed by atoms with E-state index in [2.05, 4.69) is 10.3 Å². The van der Waals surface area contributed by atoms with Crippen LogP contribution >= 0.6 is 11.8 Å². The van der Waals surface area contributed by atoms with E-state index in [4.69, 9.17) is 9.47 Å². The fourth-order valence-electron chi connectivity index (χ4n) is 3.23. The molecule has 1 aromatic heterocycles. The van der Waals surface area contributed by atoms with Gasteiger partial charge in [-0.15, -0.1) is 0 Å². The third-order valence-corrected chi connectivity index (χ3v) is 5.15. The molecule has 21 heavy (non-hydrogen) atoms. The monoisotopic (exact) mass is 308 g/mol. The maximum Gasteiger partial charge on any atom is 0.230 e. The standard InChI is InChI=1S/C15H20N2O3S/c1-19-8-11-14(10-5-7-20-15(10)11)17-12(18)9-21-13-4-2-3-6-16-13/h2-4,6,10-11,14-15H,5,7-9H2,1H3,(H,17,18)/t10-,11+,14+,15-/m0/s1. The molecule has 6 heteroatoms. The van der Waals surface area contributed by atoms with Crippen LogP contribution in [0.15, 0.2) is 29.4 Å². The Morgan fingerprint density at radius 3 is 3.24 bits per heavy atom. The van der Waals surface area contributed by atoms with Crippen LogP contribution in [0.2, 0.25) is 0 Å². The predicted molar refractivity (Wildman–Crippen MR) is 80.1 cm³/mol. The second kappa shape index (κ2) is 6.77. The Kier molecular flexibility index (Phi) is 4.77. The molecule has 1 aromatic rings. The average Bonchev–Trinajstić information content (AvgIpc) is 2.94. The van der Waals surface area contributed by atoms with Gasteiger partial charge in [0.05, 0.1) is 23.5 Å². The number of aromatic nitrogens is 1. The molecule has 5 nitrogen and oxygen atoms in total. The predicted octanol–water partition coefficient (Wildman–Crippen LogP) is 1.34. The molecule has 1 saturated carbocycles. The highest BCUT2D eigenvalue weighted by atomic mass is 32.2. The van der Waals surface area contributed by atoms with Gasteiger partial charge in [0.1, 0.15) is 0 Å². The minimum Gasteiger partial charge on any atom is -0.384 e. The highest BCUT2D eigenvalue weighted by Gasteiger charge is 2.54. The SMILES string of the molecule is COC[C@@H]1[C@H](NC(=O)CSc2ccccn2)[C@@H]2CCO[C@H]12. The van der Waals surface area contributed by atoms with Crippen molar-refractivity contribution in [1.29, 1.82) is 0 Å². The van der Waals surface area contributed by atoms with Crippen LogP contribution in [-0.2, 0) is 14.3 Å². The van der Waals surface area contributed by atoms with E-state index in [9.17, 15) is 4.79 Å². The average molecular weight is 308 g/mol. The van der Waals surface area contributed by atoms with Gasteiger partial charge in [0.2, 0.25) is 5.91 Å². The number of carbonyl (C=O) groups excluding carboxylic acids is 1. The van der Waals surface area contributed by atoms with E-state index in [1.54, 1.807) is 13.3 Å². The van der Waals surface area contributed by atoms with E-state index in [0.717, 1.165) is 18.1 Å². The lowest BCUT2D eigenvalue weighted by atomic mass is 9.67. The van der Waals surface area contributed by atoms with Crippen molar-refractivity contribution in [3.63, 3.8) is 0 Å². The molecule has 3 rings (SSSR count). The fourth-order valence-corrected chi connectivity index (χ4v) is 3.91. The molecular weight excluding hydrogens is 288 g/mol. The van der Waals surface area contributed by atoms with Crippen LogP contribution in [0.5, 0.6) is 0 Å². The number of thioether (sulfide) groups is 1. The van der Waals surface area contributed by atoms with Crippen molar-refractivity contribution in [3.05, 3.63) is 24.4 Å². The van der Waals surface area contributed by atoms with Crippen molar-refractivity contribution in [2.24, 2.45) is 11.8 Å². The van der Waals surface area contributed by atoms with Crippen molar-refractivity contribution in [3.8, 4) is 0 Å². The Bertz CT molecular complexity index is 485. The van der Waals surface area contributed by atoms with Crippen LogP contribution in [0.3, 0.4) is 0 Å². The molecule has 1 saturated heterocycles. The van der Waals surface area contributed by atoms with Crippen LogP contribution in [0.1, 0.15) is 6.42 Å². The lowest BCUT2D eigenvalue weighted by Crippen LogP contribution is -2.63. The first-order valence-electron chi connectivity index (χ1n) is 7.23. The maximum absolute atomic E-state index is 12.1. The number of nitrogens with one attached hydrogen (secondary N) is 1. The number of methoxy groups -OCH3 is 1. The van der Waals surface area contributed by atoms with E-state index >= 15 is 0 Å². The molecule has 4 atom stereocenters. The van der Waals surface area contributed by atoms with Gasteiger partial charge in [-0.3, -0.25) is 4.79 Å². The van der Waals surface area contributed by atoms with Gasteiger partial charge in [0, 0.05) is 37.8 Å². The third-order valence-electron chi connectivity index (χ3n) is 4.20. The molecule has 2 heterocycles. The van der Waals surface area contributed by atoms with Gasteiger partial charge in [-0.2, -0.15) is 0 Å². The number of hydrogen-bond acceptors (Lipinski definition) is 5. The first-order valence-corrected chi connectivity index (χ1v) is 8.22. The van der Waals surface area contributed by atoms with Crippen molar-refractivity contribution >= 4 is 17.7 Å². The largest absolute Gasteiger partial charge is 0.384 e. The first-order chi connectivity index (χ1) is 10.3. The normalized spacial score (nSPS) is 30.5. The van der Waals surface area contributed by atoms with Crippen LogP contribution in [-0.4, -0.2) is 49.1 Å². The summed E-state index contributed by atoms with van der Waals surface area (Å²) in [5.41, 5.74) is 0. The molecule has 1 aliphatic heterocycles. The summed E-state index contributed by atoms with van der Waals surface area (Å²) < 4.78 is 11.0. The molecule has 0 spiro atoms. The van der Waals surface area contributed by atoms with Crippen molar-refractivity contribution in [1.82, 2.24) is 10.3 Å². The molecule has 0 aromatic carbocycles. The summed E-state index contributed by atoms with van der Waals surface area (Å²) in [7, 11) is 1.69. The van der Waals surface area contributed by atoms with E-state index in [1.807, 2.05) is 18.2 Å². The van der Waals surface area contributed by atoms with Crippen LogP contribution in [0, 0.1) is 11.8 Å². The Hall–Kier alpha value is -1.11. The number of hydrogen-bond donors (Lipinski definition) is 1. The summed E-state index contributed by atoms with van der Waals surface area (Å²) >= 11 is 1.46. The zero-order chi connectivity index (χ0) is 14.7. The molecule has 0 unspecified atom stereocenters. The molecule has 0 radical (unpaired) electrons. The fraction of sp³-hybridized carbons (Fsp3) is 0.600. The number of carbonyl (C=O) groups is 1. The Morgan fingerprint density at radius 1 is 1.57 bits per heavy atom. The van der Waals surface area contributed by atoms with Gasteiger partial charge >= 0.3 is 0 Å². The highest BCUT2D eigenvalue weighted by molar-refractivity contribution is 7.99. The summed E-state index contributed by atoms with van der Waals surface area (Å²) in [6, 6.07) is 5.90. The molecule has 2 fully saturated rings. The van der Waals surface area contributed by atoms with Crippen molar-refractivity contribution < 1.29 is 14.3 Å². The van der Waals surface area contributed by atoms with E-state index < -0.39 is 0 Å². The Balaban J connectivity index is 1.50. The summed E-state index contributed by atoms with van der Waals surface area (Å²) in [6.45, 7) is 1.43. The van der Waals surface area contributed by atoms with Gasteiger partial charge < -0.3 is 14.8 Å². The topological polar surface area (TPSA) is 60.5 Å². The van der Waals surface area contributed by atoms with Crippen molar-refractivity contribution in [2.75, 3.05) is 26.1 Å². The Morgan fingerprint density at radius 2 is 2.48 bits per heavy atom. The van der Waals surface area contributed by atoms with Gasteiger partial charge in [0.25, 0.3) is 0 Å². The lowest BCUT2D eigenvalue weighted by molar-refractivity contribution is -0.127. The third kappa shape index (κ3) is 3.22. The zero-order valence-electron chi connectivity index (χ0n) is 12.0. The smallest absolute Gasteiger partial charge is 0.230 e. The van der Waals surface area contributed by atoms with Crippen LogP contribution < -0.4 is 5.32 Å². The molecule has 1 aliphatic carbocycles. The van der Waals surface area contributed by atoms with Gasteiger partial charge in [0.15, 0.2) is 0 Å². The molecule has 1 N–H and O–H groups in total. The zero-order valence-corrected chi connectivity index (χ0v) is 12.8. The molecule has 0 bridgehead atoms. The van der Waals surface area contributed by atoms with E-state index in [0.29, 0.717) is 18.3 Å². The summed E-state index contributed by atoms with van der Waals surface area (Å²) in [5, 5.41) is 4.02. The van der Waals surface area contributed by atoms with Gasteiger partial charge in [-0.25, -0.2) is 4.98 Å². The van der Waals surface area contributed by atoms with Crippen LogP contribution in [0.25, 0.3) is 0 Å². The summed E-state index contributed by atoms with van der Waals surface area (Å²) in [6.07, 6.45) is 3.03. The number of amides is 1.